The Morgan fingerprint density at radius 2 is 1.59 bits per heavy atom. The van der Waals surface area contributed by atoms with Gasteiger partial charge >= 0.3 is 0 Å². The van der Waals surface area contributed by atoms with Gasteiger partial charge in [0.25, 0.3) is 11.8 Å². The Balaban J connectivity index is 1.78. The summed E-state index contributed by atoms with van der Waals surface area (Å²) in [5.41, 5.74) is 3.44. The number of benzene rings is 3. The molecule has 0 atom stereocenters. The van der Waals surface area contributed by atoms with E-state index in [2.05, 4.69) is 5.32 Å². The number of nitrogens with one attached hydrogen (secondary N) is 1. The maximum Gasteiger partial charge on any atom is 0.282 e. The second-order valence-electron chi connectivity index (χ2n) is 7.35. The van der Waals surface area contributed by atoms with E-state index in [1.807, 2.05) is 38.1 Å². The predicted octanol–water partition coefficient (Wildman–Crippen LogP) is 4.80. The van der Waals surface area contributed by atoms with Gasteiger partial charge in [-0.05, 0) is 55.8 Å². The Labute approximate surface area is 187 Å². The molecule has 6 heteroatoms. The molecule has 2 amide bonds. The summed E-state index contributed by atoms with van der Waals surface area (Å²) in [6.07, 6.45) is 0. The van der Waals surface area contributed by atoms with E-state index < -0.39 is 11.8 Å². The molecular formula is C26H24N2O4. The van der Waals surface area contributed by atoms with Gasteiger partial charge in [0, 0.05) is 11.8 Å². The predicted molar refractivity (Wildman–Crippen MR) is 125 cm³/mol. The molecule has 3 aromatic rings. The zero-order valence-electron chi connectivity index (χ0n) is 18.2. The Morgan fingerprint density at radius 3 is 2.25 bits per heavy atom. The number of carbonyl (C=O) groups excluding carboxylic acids is 2. The summed E-state index contributed by atoms with van der Waals surface area (Å²) in [7, 11) is 1.58. The fraction of sp³-hybridized carbons (Fsp3) is 0.154. The third-order valence-electron chi connectivity index (χ3n) is 5.17. The number of anilines is 2. The fourth-order valence-corrected chi connectivity index (χ4v) is 3.57. The van der Waals surface area contributed by atoms with Gasteiger partial charge in [-0.1, -0.05) is 35.9 Å². The molecule has 0 radical (unpaired) electrons. The Hall–Kier alpha value is -4.06. The number of aryl methyl sites for hydroxylation is 1. The van der Waals surface area contributed by atoms with Crippen molar-refractivity contribution in [3.63, 3.8) is 0 Å². The zero-order valence-corrected chi connectivity index (χ0v) is 18.2. The molecule has 32 heavy (non-hydrogen) atoms. The van der Waals surface area contributed by atoms with Crippen molar-refractivity contribution in [2.45, 2.75) is 13.8 Å². The van der Waals surface area contributed by atoms with Crippen molar-refractivity contribution in [3.8, 4) is 11.5 Å². The molecule has 6 nitrogen and oxygen atoms in total. The highest BCUT2D eigenvalue weighted by molar-refractivity contribution is 6.46. The van der Waals surface area contributed by atoms with Crippen molar-refractivity contribution in [3.05, 3.63) is 89.6 Å². The molecule has 1 heterocycles. The molecule has 1 aliphatic rings. The minimum Gasteiger partial charge on any atom is -0.497 e. The maximum atomic E-state index is 13.5. The van der Waals surface area contributed by atoms with E-state index in [-0.39, 0.29) is 5.70 Å². The van der Waals surface area contributed by atoms with E-state index in [1.54, 1.807) is 55.6 Å². The first-order chi connectivity index (χ1) is 15.5. The largest absolute Gasteiger partial charge is 0.497 e. The van der Waals surface area contributed by atoms with Gasteiger partial charge in [0.05, 0.1) is 25.0 Å². The number of hydrogen-bond donors (Lipinski definition) is 1. The van der Waals surface area contributed by atoms with Crippen LogP contribution in [-0.4, -0.2) is 25.5 Å². The zero-order chi connectivity index (χ0) is 22.7. The topological polar surface area (TPSA) is 67.9 Å². The van der Waals surface area contributed by atoms with Crippen LogP contribution in [0.4, 0.5) is 11.4 Å². The van der Waals surface area contributed by atoms with Crippen molar-refractivity contribution in [1.29, 1.82) is 0 Å². The molecule has 4 rings (SSSR count). The lowest BCUT2D eigenvalue weighted by Crippen LogP contribution is -2.32. The lowest BCUT2D eigenvalue weighted by atomic mass is 10.0. The van der Waals surface area contributed by atoms with Gasteiger partial charge in [0.2, 0.25) is 0 Å². The highest BCUT2D eigenvalue weighted by Crippen LogP contribution is 2.35. The van der Waals surface area contributed by atoms with Crippen LogP contribution in [0.15, 0.2) is 78.5 Å². The summed E-state index contributed by atoms with van der Waals surface area (Å²) >= 11 is 0. The van der Waals surface area contributed by atoms with Crippen LogP contribution in [0.1, 0.15) is 18.1 Å². The first-order valence-corrected chi connectivity index (χ1v) is 10.4. The number of ether oxygens (including phenoxy) is 2. The molecule has 0 saturated heterocycles. The number of nitrogens with zero attached hydrogens (tertiary/aromatic N) is 1. The minimum atomic E-state index is -0.421. The monoisotopic (exact) mass is 428 g/mol. The average Bonchev–Trinajstić information content (AvgIpc) is 3.05. The molecule has 0 aliphatic carbocycles. The van der Waals surface area contributed by atoms with Gasteiger partial charge in [-0.25, -0.2) is 4.90 Å². The number of amides is 2. The molecule has 0 spiro atoms. The number of carbonyl (C=O) groups is 2. The third-order valence-corrected chi connectivity index (χ3v) is 5.17. The number of imide groups is 1. The summed E-state index contributed by atoms with van der Waals surface area (Å²) in [6.45, 7) is 4.36. The second-order valence-corrected chi connectivity index (χ2v) is 7.35. The van der Waals surface area contributed by atoms with Crippen molar-refractivity contribution in [1.82, 2.24) is 0 Å². The average molecular weight is 428 g/mol. The van der Waals surface area contributed by atoms with Gasteiger partial charge in [0.15, 0.2) is 0 Å². The van der Waals surface area contributed by atoms with E-state index in [0.717, 1.165) is 11.3 Å². The molecule has 162 valence electrons. The standard InChI is InChI=1S/C26H24N2O4/c1-4-32-22-7-5-6-20(16-22)28-25(29)23(18-10-14-21(31-3)15-11-18)24(26(28)30)27-19-12-8-17(2)9-13-19/h5-16,27H,4H2,1-3H3. The van der Waals surface area contributed by atoms with Crippen LogP contribution in [0.2, 0.25) is 0 Å². The quantitative estimate of drug-likeness (QED) is 0.548. The van der Waals surface area contributed by atoms with Crippen LogP contribution < -0.4 is 19.7 Å². The van der Waals surface area contributed by atoms with Crippen LogP contribution in [0, 0.1) is 6.92 Å². The van der Waals surface area contributed by atoms with Crippen LogP contribution in [0.5, 0.6) is 11.5 Å². The Morgan fingerprint density at radius 1 is 0.875 bits per heavy atom. The molecule has 1 aliphatic heterocycles. The maximum absolute atomic E-state index is 13.5. The summed E-state index contributed by atoms with van der Waals surface area (Å²) in [5.74, 6) is 0.440. The molecule has 3 aromatic carbocycles. The lowest BCUT2D eigenvalue weighted by Gasteiger charge is -2.16. The molecule has 0 saturated carbocycles. The van der Waals surface area contributed by atoms with Crippen molar-refractivity contribution in [2.24, 2.45) is 0 Å². The first kappa shape index (κ1) is 21.2. The van der Waals surface area contributed by atoms with Gasteiger partial charge < -0.3 is 14.8 Å². The van der Waals surface area contributed by atoms with Gasteiger partial charge in [0.1, 0.15) is 17.2 Å². The molecule has 0 aromatic heterocycles. The van der Waals surface area contributed by atoms with E-state index >= 15 is 0 Å². The molecule has 0 fully saturated rings. The van der Waals surface area contributed by atoms with Gasteiger partial charge in [-0.15, -0.1) is 0 Å². The number of methoxy groups -OCH3 is 1. The summed E-state index contributed by atoms with van der Waals surface area (Å²) in [6, 6.07) is 21.7. The first-order valence-electron chi connectivity index (χ1n) is 10.4. The van der Waals surface area contributed by atoms with Crippen LogP contribution in [0.25, 0.3) is 5.57 Å². The van der Waals surface area contributed by atoms with Crippen molar-refractivity contribution in [2.75, 3.05) is 23.9 Å². The SMILES string of the molecule is CCOc1cccc(N2C(=O)C(Nc3ccc(C)cc3)=C(c3ccc(OC)cc3)C2=O)c1. The van der Waals surface area contributed by atoms with E-state index in [9.17, 15) is 9.59 Å². The van der Waals surface area contributed by atoms with E-state index in [4.69, 9.17) is 9.47 Å². The summed E-state index contributed by atoms with van der Waals surface area (Å²) < 4.78 is 10.8. The summed E-state index contributed by atoms with van der Waals surface area (Å²) in [4.78, 5) is 28.2. The second kappa shape index (κ2) is 8.98. The van der Waals surface area contributed by atoms with Crippen LogP contribution >= 0.6 is 0 Å². The summed E-state index contributed by atoms with van der Waals surface area (Å²) in [5, 5.41) is 3.17. The molecule has 1 N–H and O–H groups in total. The van der Waals surface area contributed by atoms with Crippen LogP contribution in [-0.2, 0) is 9.59 Å². The van der Waals surface area contributed by atoms with E-state index in [0.29, 0.717) is 34.9 Å². The minimum absolute atomic E-state index is 0.228. The smallest absolute Gasteiger partial charge is 0.282 e. The van der Waals surface area contributed by atoms with Crippen molar-refractivity contribution < 1.29 is 19.1 Å². The molecule has 0 unspecified atom stereocenters. The highest BCUT2D eigenvalue weighted by atomic mass is 16.5. The normalized spacial score (nSPS) is 13.5. The highest BCUT2D eigenvalue weighted by Gasteiger charge is 2.40. The lowest BCUT2D eigenvalue weighted by molar-refractivity contribution is -0.120. The molecule has 0 bridgehead atoms. The Kier molecular flexibility index (Phi) is 5.94. The van der Waals surface area contributed by atoms with Gasteiger partial charge in [-0.3, -0.25) is 9.59 Å². The third kappa shape index (κ3) is 4.07. The van der Waals surface area contributed by atoms with Crippen molar-refractivity contribution >= 4 is 28.8 Å². The van der Waals surface area contributed by atoms with Crippen LogP contribution in [0.3, 0.4) is 0 Å². The Bertz CT molecular complexity index is 1180. The fourth-order valence-electron chi connectivity index (χ4n) is 3.57. The number of rotatable bonds is 7. The molecular weight excluding hydrogens is 404 g/mol. The van der Waals surface area contributed by atoms with Gasteiger partial charge in [-0.2, -0.15) is 0 Å². The number of hydrogen-bond acceptors (Lipinski definition) is 5. The van der Waals surface area contributed by atoms with E-state index in [1.165, 1.54) is 4.90 Å².